The molecule has 3 aromatic carbocycles. The number of hydrogen-bond donors (Lipinski definition) is 0. The zero-order valence-corrected chi connectivity index (χ0v) is 23.2. The van der Waals surface area contributed by atoms with Crippen molar-refractivity contribution in [3.05, 3.63) is 107 Å². The highest BCUT2D eigenvalue weighted by molar-refractivity contribution is 5.80. The monoisotopic (exact) mass is 502 g/mol. The first-order valence-electron chi connectivity index (χ1n) is 15.2. The lowest BCUT2D eigenvalue weighted by atomic mass is 9.55. The van der Waals surface area contributed by atoms with Crippen molar-refractivity contribution in [3.63, 3.8) is 0 Å². The van der Waals surface area contributed by atoms with Gasteiger partial charge in [0.2, 0.25) is 0 Å². The fraction of sp³-hybridized carbons (Fsp3) is 0.444. The molecule has 2 saturated carbocycles. The van der Waals surface area contributed by atoms with Gasteiger partial charge in [0.15, 0.2) is 0 Å². The van der Waals surface area contributed by atoms with E-state index in [9.17, 15) is 0 Å². The van der Waals surface area contributed by atoms with Crippen molar-refractivity contribution < 1.29 is 0 Å². The largest absolute Gasteiger partial charge is 0.318 e. The third kappa shape index (κ3) is 3.45. The Morgan fingerprint density at radius 1 is 0.579 bits per heavy atom. The summed E-state index contributed by atoms with van der Waals surface area (Å²) in [6.07, 6.45) is 14.0. The number of rotatable bonds is 4. The molecular weight excluding hydrogens is 460 g/mol. The van der Waals surface area contributed by atoms with E-state index in [0.717, 1.165) is 11.8 Å². The maximum Gasteiger partial charge on any atom is 0.136 e. The van der Waals surface area contributed by atoms with Gasteiger partial charge in [0.05, 0.1) is 5.70 Å². The number of nitrogens with zero attached hydrogens (tertiary/aromatic N) is 2. The van der Waals surface area contributed by atoms with Gasteiger partial charge < -0.3 is 9.80 Å². The summed E-state index contributed by atoms with van der Waals surface area (Å²) in [7, 11) is 0. The van der Waals surface area contributed by atoms with E-state index in [4.69, 9.17) is 0 Å². The van der Waals surface area contributed by atoms with E-state index in [2.05, 4.69) is 103 Å². The van der Waals surface area contributed by atoms with Crippen molar-refractivity contribution in [3.8, 4) is 0 Å². The molecule has 2 aliphatic heterocycles. The van der Waals surface area contributed by atoms with Crippen molar-refractivity contribution in [2.75, 3.05) is 9.80 Å². The quantitative estimate of drug-likeness (QED) is 0.350. The van der Waals surface area contributed by atoms with E-state index in [1.54, 1.807) is 11.3 Å². The molecule has 2 nitrogen and oxygen atoms in total. The normalized spacial score (nSPS) is 23.6. The molecule has 2 aliphatic carbocycles. The second-order valence-corrected chi connectivity index (χ2v) is 12.3. The molecule has 4 aliphatic rings. The van der Waals surface area contributed by atoms with Gasteiger partial charge in [0.1, 0.15) is 6.17 Å². The molecule has 196 valence electrons. The lowest BCUT2D eigenvalue weighted by Gasteiger charge is -2.48. The minimum atomic E-state index is 0.117. The highest BCUT2D eigenvalue weighted by Crippen LogP contribution is 2.66. The average Bonchev–Trinajstić information content (AvgIpc) is 3.45. The molecule has 0 aromatic heterocycles. The van der Waals surface area contributed by atoms with E-state index >= 15 is 0 Å². The van der Waals surface area contributed by atoms with Gasteiger partial charge in [-0.05, 0) is 80.2 Å². The van der Waals surface area contributed by atoms with Gasteiger partial charge in [-0.3, -0.25) is 0 Å². The zero-order valence-electron chi connectivity index (χ0n) is 23.2. The van der Waals surface area contributed by atoms with Crippen molar-refractivity contribution in [2.45, 2.75) is 89.6 Å². The second-order valence-electron chi connectivity index (χ2n) is 12.3. The summed E-state index contributed by atoms with van der Waals surface area (Å²) in [5.74, 6) is 1.45. The fourth-order valence-corrected chi connectivity index (χ4v) is 8.97. The highest BCUT2D eigenvalue weighted by atomic mass is 15.4. The van der Waals surface area contributed by atoms with Crippen LogP contribution >= 0.6 is 0 Å². The van der Waals surface area contributed by atoms with Gasteiger partial charge in [-0.25, -0.2) is 0 Å². The van der Waals surface area contributed by atoms with Crippen LogP contribution in [0.25, 0.3) is 0 Å². The third-order valence-electron chi connectivity index (χ3n) is 10.4. The SMILES string of the molecule is CC1=C2N(c3ccccc3C2(C2CCCCC2)C2CCCCC2)C(c2ccccc2)N1c1ccccc1C. The Kier molecular flexibility index (Phi) is 6.10. The summed E-state index contributed by atoms with van der Waals surface area (Å²) in [6, 6.07) is 29.9. The summed E-state index contributed by atoms with van der Waals surface area (Å²) in [4.78, 5) is 5.49. The minimum absolute atomic E-state index is 0.117. The first kappa shape index (κ1) is 24.1. The van der Waals surface area contributed by atoms with Crippen LogP contribution in [-0.4, -0.2) is 0 Å². The van der Waals surface area contributed by atoms with Crippen molar-refractivity contribution in [1.29, 1.82) is 0 Å². The average molecular weight is 503 g/mol. The van der Waals surface area contributed by atoms with Crippen LogP contribution in [0.3, 0.4) is 0 Å². The molecule has 38 heavy (non-hydrogen) atoms. The first-order chi connectivity index (χ1) is 18.7. The standard InChI is InChI=1S/C36H42N2/c1-26-16-12-14-24-32(26)37-27(2)34-36(29-19-8-4-9-20-29,30-21-10-5-11-22-30)31-23-13-15-25-33(31)38(34)35(37)28-17-6-3-7-18-28/h3,6-7,12-18,23-25,29-30,35H,4-5,8-11,19-22H2,1-2H3. The molecule has 0 spiro atoms. The summed E-state index contributed by atoms with van der Waals surface area (Å²) >= 11 is 0. The van der Waals surface area contributed by atoms with Crippen LogP contribution in [0.5, 0.6) is 0 Å². The first-order valence-corrected chi connectivity index (χ1v) is 15.2. The molecule has 1 atom stereocenters. The van der Waals surface area contributed by atoms with Crippen molar-refractivity contribution in [1.82, 2.24) is 0 Å². The number of hydrogen-bond acceptors (Lipinski definition) is 2. The highest BCUT2D eigenvalue weighted by Gasteiger charge is 2.61. The molecule has 2 fully saturated rings. The fourth-order valence-electron chi connectivity index (χ4n) is 8.97. The predicted octanol–water partition coefficient (Wildman–Crippen LogP) is 9.66. The molecule has 2 heteroatoms. The molecule has 0 amide bonds. The number of anilines is 2. The van der Waals surface area contributed by atoms with E-state index in [-0.39, 0.29) is 11.6 Å². The van der Waals surface area contributed by atoms with Crippen LogP contribution in [0.4, 0.5) is 11.4 Å². The molecule has 0 N–H and O–H groups in total. The van der Waals surface area contributed by atoms with Crippen molar-refractivity contribution >= 4 is 11.4 Å². The number of allylic oxidation sites excluding steroid dienone is 2. The maximum absolute atomic E-state index is 2.80. The number of benzene rings is 3. The Labute approximate surface area is 229 Å². The lowest BCUT2D eigenvalue weighted by Crippen LogP contribution is -2.45. The summed E-state index contributed by atoms with van der Waals surface area (Å²) < 4.78 is 0. The number of para-hydroxylation sites is 2. The molecule has 2 heterocycles. The lowest BCUT2D eigenvalue weighted by molar-refractivity contribution is 0.134. The van der Waals surface area contributed by atoms with E-state index in [1.165, 1.54) is 92.4 Å². The van der Waals surface area contributed by atoms with Gasteiger partial charge in [0, 0.05) is 22.5 Å². The van der Waals surface area contributed by atoms with E-state index < -0.39 is 0 Å². The molecule has 7 rings (SSSR count). The summed E-state index contributed by atoms with van der Waals surface area (Å²) in [5.41, 5.74) is 10.4. The molecule has 0 bridgehead atoms. The Morgan fingerprint density at radius 2 is 1.13 bits per heavy atom. The minimum Gasteiger partial charge on any atom is -0.318 e. The van der Waals surface area contributed by atoms with Crippen LogP contribution in [0.1, 0.15) is 94.0 Å². The second kappa shape index (κ2) is 9.63. The smallest absolute Gasteiger partial charge is 0.136 e. The Hall–Kier alpha value is -3.00. The molecule has 1 unspecified atom stereocenters. The van der Waals surface area contributed by atoms with Gasteiger partial charge in [-0.15, -0.1) is 0 Å². The van der Waals surface area contributed by atoms with Crippen LogP contribution < -0.4 is 9.80 Å². The van der Waals surface area contributed by atoms with Gasteiger partial charge in [-0.2, -0.15) is 0 Å². The molecule has 0 saturated heterocycles. The molecule has 3 aromatic rings. The van der Waals surface area contributed by atoms with Crippen LogP contribution in [-0.2, 0) is 5.41 Å². The van der Waals surface area contributed by atoms with Crippen molar-refractivity contribution in [2.24, 2.45) is 11.8 Å². The number of aryl methyl sites for hydroxylation is 1. The summed E-state index contributed by atoms with van der Waals surface area (Å²) in [5, 5.41) is 0. The Balaban J connectivity index is 1.53. The van der Waals surface area contributed by atoms with Crippen LogP contribution in [0, 0.1) is 18.8 Å². The third-order valence-corrected chi connectivity index (χ3v) is 10.4. The number of fused-ring (bicyclic) bond motifs is 3. The maximum atomic E-state index is 2.80. The topological polar surface area (TPSA) is 6.48 Å². The van der Waals surface area contributed by atoms with Gasteiger partial charge in [-0.1, -0.05) is 105 Å². The van der Waals surface area contributed by atoms with Gasteiger partial charge >= 0.3 is 0 Å². The predicted molar refractivity (Wildman–Crippen MR) is 159 cm³/mol. The molecule has 0 radical (unpaired) electrons. The zero-order chi connectivity index (χ0) is 25.7. The van der Waals surface area contributed by atoms with Crippen LogP contribution in [0.2, 0.25) is 0 Å². The van der Waals surface area contributed by atoms with Crippen LogP contribution in [0.15, 0.2) is 90.3 Å². The Bertz CT molecular complexity index is 1310. The van der Waals surface area contributed by atoms with E-state index in [0.29, 0.717) is 0 Å². The summed E-state index contributed by atoms with van der Waals surface area (Å²) in [6.45, 7) is 4.73. The Morgan fingerprint density at radius 3 is 1.76 bits per heavy atom. The van der Waals surface area contributed by atoms with Gasteiger partial charge in [0.25, 0.3) is 0 Å². The van der Waals surface area contributed by atoms with E-state index in [1.807, 2.05) is 0 Å². The molecular formula is C36H42N2.